The minimum Gasteiger partial charge on any atom is -0.0882 e. The molecule has 0 aliphatic heterocycles. The molecular weight excluding hydrogens is 1420 g/mol. The van der Waals surface area contributed by atoms with Crippen molar-refractivity contribution < 1.29 is 0 Å². The third-order valence-corrected chi connectivity index (χ3v) is 27.7. The zero-order chi connectivity index (χ0) is 90.8. The van der Waals surface area contributed by atoms with Gasteiger partial charge < -0.3 is 0 Å². The minimum absolute atomic E-state index is 0.708. The molecule has 2 atom stereocenters. The van der Waals surface area contributed by atoms with E-state index in [1.807, 2.05) is 222 Å². The van der Waals surface area contributed by atoms with Gasteiger partial charge in [-0.05, 0) is 185 Å². The molecule has 0 aromatic carbocycles. The molecule has 0 aromatic rings. The Morgan fingerprint density at radius 3 is 0.407 bits per heavy atom. The average molecular weight is 1660 g/mol. The summed E-state index contributed by atoms with van der Waals surface area (Å²) in [5, 5.41) is 0. The molecule has 0 nitrogen and oxygen atoms in total. The molecule has 0 heterocycles. The van der Waals surface area contributed by atoms with Gasteiger partial charge >= 0.3 is 0 Å². The van der Waals surface area contributed by atoms with E-state index in [0.29, 0.717) is 10.8 Å². The van der Waals surface area contributed by atoms with Crippen LogP contribution in [-0.2, 0) is 0 Å². The largest absolute Gasteiger partial charge is 0.0882 e. The van der Waals surface area contributed by atoms with Gasteiger partial charge in [-0.25, -0.2) is 0 Å². The predicted molar refractivity (Wildman–Crippen MR) is 560 cm³/mol. The maximum atomic E-state index is 2.47. The van der Waals surface area contributed by atoms with Crippen LogP contribution in [-0.4, -0.2) is 0 Å². The van der Waals surface area contributed by atoms with Gasteiger partial charge in [-0.15, -0.1) is 0 Å². The number of rotatable bonds is 6. The molecule has 16 aliphatic rings. The lowest BCUT2D eigenvalue weighted by Crippen LogP contribution is -2.20. The van der Waals surface area contributed by atoms with Crippen LogP contribution in [0.15, 0.2) is 48.6 Å². The molecule has 0 heteroatoms. The van der Waals surface area contributed by atoms with E-state index < -0.39 is 0 Å². The molecule has 118 heavy (non-hydrogen) atoms. The van der Waals surface area contributed by atoms with Crippen molar-refractivity contribution in [1.82, 2.24) is 0 Å². The molecule has 0 aromatic heterocycles. The topological polar surface area (TPSA) is 0 Å². The summed E-state index contributed by atoms with van der Waals surface area (Å²) in [5.41, 5.74) is 1.42. The van der Waals surface area contributed by atoms with Gasteiger partial charge in [-0.1, -0.05) is 578 Å². The third kappa shape index (κ3) is 65.5. The molecule has 12 saturated carbocycles. The Bertz CT molecular complexity index is 1510. The van der Waals surface area contributed by atoms with Crippen molar-refractivity contribution in [1.29, 1.82) is 0 Å². The SMILES string of the molecule is C1=CC(C2CCCC2)CC1.C1=CC(C2CCCC2)CC1.C1=CC2(CC1)CCCC2.C1=CC2(CC1)CCCC2.C1CCC(C2CCCCC2)CC1.C1CCC(C2CCCCC2)CC1.C1CCC(C2CCCCC2)CC1.C1CCC(C2CCCCC2)CC1.CC.CC.CC.CC.CC.CC.CC.CC.CC.CC.CC.CC.CC.CC.CC.CC. The summed E-state index contributed by atoms with van der Waals surface area (Å²) in [6.07, 6.45) is 116. The van der Waals surface area contributed by atoms with E-state index in [1.165, 1.54) is 308 Å². The molecule has 12 fully saturated rings. The van der Waals surface area contributed by atoms with Crippen molar-refractivity contribution in [2.24, 2.45) is 81.8 Å². The van der Waals surface area contributed by atoms with Crippen molar-refractivity contribution in [3.63, 3.8) is 0 Å². The third-order valence-electron chi connectivity index (χ3n) is 27.7. The van der Waals surface area contributed by atoms with E-state index in [2.05, 4.69) is 48.6 Å². The zero-order valence-corrected chi connectivity index (χ0v) is 89.8. The molecule has 2 unspecified atom stereocenters. The van der Waals surface area contributed by atoms with Gasteiger partial charge in [-0.3, -0.25) is 0 Å². The van der Waals surface area contributed by atoms with Crippen LogP contribution >= 0.6 is 0 Å². The Morgan fingerprint density at radius 2 is 0.280 bits per heavy atom. The summed E-state index contributed by atoms with van der Waals surface area (Å²) in [7, 11) is 0. The van der Waals surface area contributed by atoms with Gasteiger partial charge in [0.15, 0.2) is 0 Å². The monoisotopic (exact) mass is 1660 g/mol. The molecular formula is C118H244. The summed E-state index contributed by atoms with van der Waals surface area (Å²) < 4.78 is 0. The Hall–Kier alpha value is -1.04. The Balaban J connectivity index is -0.000000186. The fourth-order valence-electron chi connectivity index (χ4n) is 22.3. The molecule has 716 valence electrons. The van der Waals surface area contributed by atoms with Crippen molar-refractivity contribution in [3.8, 4) is 0 Å². The standard InChI is InChI=1S/4C12H22.2C10H16.2C9H14.16C2H6/c4*1-3-7-11(8-4-1)12-9-5-2-6-10-12;2*1-2-6-9(5-1)10-7-3-4-8-10;2*1-2-6-9(5-1)7-3-4-8-9;16*1-2/h4*11-12H,1-10H2;2*1,5,9-10H,2-4,6-8H2;2*1,5H,2-4,6-8H2;16*1-2H3. The number of hydrogen-bond acceptors (Lipinski definition) is 0. The summed E-state index contributed by atoms with van der Waals surface area (Å²) >= 11 is 0. The zero-order valence-electron chi connectivity index (χ0n) is 89.8. The molecule has 16 rings (SSSR count). The van der Waals surface area contributed by atoms with Gasteiger partial charge in [-0.2, -0.15) is 0 Å². The van der Waals surface area contributed by atoms with Crippen molar-refractivity contribution >= 4 is 0 Å². The molecule has 0 amide bonds. The van der Waals surface area contributed by atoms with Gasteiger partial charge in [0.05, 0.1) is 0 Å². The van der Waals surface area contributed by atoms with E-state index in [1.54, 1.807) is 103 Å². The molecule has 2 spiro atoms. The molecule has 0 N–H and O–H groups in total. The summed E-state index contributed by atoms with van der Waals surface area (Å²) in [5.74, 6) is 13.2. The lowest BCUT2D eigenvalue weighted by Gasteiger charge is -2.32. The van der Waals surface area contributed by atoms with E-state index in [0.717, 1.165) is 71.0 Å². The van der Waals surface area contributed by atoms with Gasteiger partial charge in [0.25, 0.3) is 0 Å². The van der Waals surface area contributed by atoms with Crippen LogP contribution in [0, 0.1) is 81.8 Å². The summed E-state index contributed by atoms with van der Waals surface area (Å²) in [6.45, 7) is 64.0. The first-order valence-electron chi connectivity index (χ1n) is 57.3. The van der Waals surface area contributed by atoms with Gasteiger partial charge in [0.2, 0.25) is 0 Å². The second-order valence-corrected chi connectivity index (χ2v) is 33.6. The molecule has 16 aliphatic carbocycles. The first kappa shape index (κ1) is 132. The van der Waals surface area contributed by atoms with Gasteiger partial charge in [0.1, 0.15) is 0 Å². The van der Waals surface area contributed by atoms with E-state index in [4.69, 9.17) is 0 Å². The highest BCUT2D eigenvalue weighted by molar-refractivity contribution is 5.09. The summed E-state index contributed by atoms with van der Waals surface area (Å²) in [4.78, 5) is 0. The average Bonchev–Trinajstić information content (AvgIpc) is 1.69. The van der Waals surface area contributed by atoms with Crippen LogP contribution in [0.4, 0.5) is 0 Å². The van der Waals surface area contributed by atoms with Crippen LogP contribution in [0.2, 0.25) is 0 Å². The molecule has 0 radical (unpaired) electrons. The van der Waals surface area contributed by atoms with Gasteiger partial charge in [0, 0.05) is 0 Å². The smallest absolute Gasteiger partial charge is 0.0115 e. The van der Waals surface area contributed by atoms with E-state index >= 15 is 0 Å². The maximum absolute atomic E-state index is 2.47. The van der Waals surface area contributed by atoms with E-state index in [-0.39, 0.29) is 0 Å². The fraction of sp³-hybridized carbons (Fsp3) is 0.932. The highest BCUT2D eigenvalue weighted by atomic mass is 14.4. The van der Waals surface area contributed by atoms with Crippen molar-refractivity contribution in [2.45, 2.75) is 632 Å². The van der Waals surface area contributed by atoms with Crippen molar-refractivity contribution in [2.75, 3.05) is 0 Å². The lowest BCUT2D eigenvalue weighted by molar-refractivity contribution is 0.196. The maximum Gasteiger partial charge on any atom is -0.0115 e. The predicted octanol–water partition coefficient (Wildman–Crippen LogP) is 45.1. The number of hydrogen-bond donors (Lipinski definition) is 0. The Morgan fingerprint density at radius 1 is 0.136 bits per heavy atom. The highest BCUT2D eigenvalue weighted by Gasteiger charge is 2.35. The van der Waals surface area contributed by atoms with Crippen LogP contribution in [0.25, 0.3) is 0 Å². The van der Waals surface area contributed by atoms with Crippen LogP contribution in [0.1, 0.15) is 632 Å². The van der Waals surface area contributed by atoms with Crippen molar-refractivity contribution in [3.05, 3.63) is 48.6 Å². The van der Waals surface area contributed by atoms with Crippen LogP contribution in [0.3, 0.4) is 0 Å². The minimum atomic E-state index is 0.708. The summed E-state index contributed by atoms with van der Waals surface area (Å²) in [6, 6.07) is 0. The first-order valence-corrected chi connectivity index (χ1v) is 57.3. The molecule has 0 saturated heterocycles. The highest BCUT2D eigenvalue weighted by Crippen LogP contribution is 2.48. The lowest BCUT2D eigenvalue weighted by atomic mass is 9.73. The quantitative estimate of drug-likeness (QED) is 0.233. The fourth-order valence-corrected chi connectivity index (χ4v) is 22.3. The second kappa shape index (κ2) is 108. The van der Waals surface area contributed by atoms with Crippen LogP contribution < -0.4 is 0 Å². The Kier molecular flexibility index (Phi) is 122. The second-order valence-electron chi connectivity index (χ2n) is 33.6. The molecule has 0 bridgehead atoms. The number of allylic oxidation sites excluding steroid dienone is 8. The normalized spacial score (nSPS) is 22.9. The van der Waals surface area contributed by atoms with Crippen LogP contribution in [0.5, 0.6) is 0 Å². The first-order chi connectivity index (χ1) is 58.6. The van der Waals surface area contributed by atoms with E-state index in [9.17, 15) is 0 Å². The Labute approximate surface area is 758 Å².